The maximum Gasteiger partial charge on any atom is 0.341 e. The van der Waals surface area contributed by atoms with E-state index in [4.69, 9.17) is 9.47 Å². The lowest BCUT2D eigenvalue weighted by Crippen LogP contribution is -2.31. The molecule has 1 aromatic rings. The van der Waals surface area contributed by atoms with Crippen LogP contribution in [0.25, 0.3) is 0 Å². The maximum atomic E-state index is 12.0. The van der Waals surface area contributed by atoms with E-state index in [9.17, 15) is 14.4 Å². The molecule has 0 aliphatic rings. The minimum absolute atomic E-state index is 0.0113. The molecule has 0 aliphatic heterocycles. The Bertz CT molecular complexity index is 537. The van der Waals surface area contributed by atoms with E-state index in [0.717, 1.165) is 0 Å². The summed E-state index contributed by atoms with van der Waals surface area (Å²) in [5.41, 5.74) is 0.160. The van der Waals surface area contributed by atoms with Crippen molar-refractivity contribution in [2.45, 2.75) is 27.2 Å². The monoisotopic (exact) mass is 307 g/mol. The van der Waals surface area contributed by atoms with Crippen LogP contribution in [0.4, 0.5) is 0 Å². The molecule has 0 aliphatic carbocycles. The van der Waals surface area contributed by atoms with Crippen molar-refractivity contribution in [2.75, 3.05) is 19.7 Å². The largest absolute Gasteiger partial charge is 0.461 e. The van der Waals surface area contributed by atoms with Gasteiger partial charge in [-0.1, -0.05) is 12.1 Å². The van der Waals surface area contributed by atoms with E-state index in [-0.39, 0.29) is 30.2 Å². The molecule has 0 radical (unpaired) electrons. The summed E-state index contributed by atoms with van der Waals surface area (Å²) in [5.74, 6) is -1.05. The summed E-state index contributed by atoms with van der Waals surface area (Å²) < 4.78 is 10.0. The summed E-state index contributed by atoms with van der Waals surface area (Å²) in [6, 6.07) is 6.31. The van der Waals surface area contributed by atoms with Crippen LogP contribution in [0.3, 0.4) is 0 Å². The topological polar surface area (TPSA) is 72.9 Å². The van der Waals surface area contributed by atoms with E-state index in [1.54, 1.807) is 17.0 Å². The number of hydrogen-bond acceptors (Lipinski definition) is 5. The standard InChI is InChI=1S/C16H21NO5/c1-4-17(5-2)15(19)10-11-21-16(20)13-8-6-7-9-14(13)22-12(3)18/h6-9H,4-5,10-11H2,1-3H3. The average molecular weight is 307 g/mol. The molecular weight excluding hydrogens is 286 g/mol. The molecule has 6 nitrogen and oxygen atoms in total. The molecule has 1 amide bonds. The van der Waals surface area contributed by atoms with Crippen molar-refractivity contribution in [2.24, 2.45) is 0 Å². The first-order chi connectivity index (χ1) is 10.5. The Balaban J connectivity index is 2.59. The third-order valence-electron chi connectivity index (χ3n) is 3.03. The molecule has 0 bridgehead atoms. The Kier molecular flexibility index (Phi) is 7.08. The zero-order chi connectivity index (χ0) is 16.5. The van der Waals surface area contributed by atoms with Crippen LogP contribution in [0.1, 0.15) is 37.6 Å². The van der Waals surface area contributed by atoms with Gasteiger partial charge in [0.25, 0.3) is 0 Å². The zero-order valence-electron chi connectivity index (χ0n) is 13.1. The van der Waals surface area contributed by atoms with Crippen LogP contribution in [0.15, 0.2) is 24.3 Å². The second-order valence-electron chi connectivity index (χ2n) is 4.54. The number of rotatable bonds is 7. The maximum absolute atomic E-state index is 12.0. The third-order valence-corrected chi connectivity index (χ3v) is 3.03. The van der Waals surface area contributed by atoms with Crippen LogP contribution in [-0.4, -0.2) is 42.4 Å². The highest BCUT2D eigenvalue weighted by Crippen LogP contribution is 2.19. The van der Waals surface area contributed by atoms with Gasteiger partial charge in [0.2, 0.25) is 5.91 Å². The molecule has 0 saturated heterocycles. The van der Waals surface area contributed by atoms with Crippen LogP contribution in [0.5, 0.6) is 5.75 Å². The van der Waals surface area contributed by atoms with Gasteiger partial charge in [0.15, 0.2) is 0 Å². The Morgan fingerprint density at radius 3 is 2.32 bits per heavy atom. The van der Waals surface area contributed by atoms with Gasteiger partial charge < -0.3 is 14.4 Å². The molecule has 120 valence electrons. The van der Waals surface area contributed by atoms with E-state index in [2.05, 4.69) is 0 Å². The van der Waals surface area contributed by atoms with Gasteiger partial charge in [-0.2, -0.15) is 0 Å². The van der Waals surface area contributed by atoms with Gasteiger partial charge in [-0.15, -0.1) is 0 Å². The fourth-order valence-corrected chi connectivity index (χ4v) is 1.92. The number of carbonyl (C=O) groups excluding carboxylic acids is 3. The molecule has 0 unspecified atom stereocenters. The molecule has 0 aromatic heterocycles. The van der Waals surface area contributed by atoms with Gasteiger partial charge in [0, 0.05) is 20.0 Å². The fraction of sp³-hybridized carbons (Fsp3) is 0.438. The van der Waals surface area contributed by atoms with Gasteiger partial charge in [0.1, 0.15) is 17.9 Å². The van der Waals surface area contributed by atoms with E-state index < -0.39 is 11.9 Å². The van der Waals surface area contributed by atoms with Crippen molar-refractivity contribution < 1.29 is 23.9 Å². The number of para-hydroxylation sites is 1. The molecule has 1 aromatic carbocycles. The molecule has 0 spiro atoms. The number of ether oxygens (including phenoxy) is 2. The zero-order valence-corrected chi connectivity index (χ0v) is 13.1. The highest BCUT2D eigenvalue weighted by molar-refractivity contribution is 5.93. The molecule has 0 saturated carbocycles. The van der Waals surface area contributed by atoms with Gasteiger partial charge in [0.05, 0.1) is 6.42 Å². The van der Waals surface area contributed by atoms with Crippen molar-refractivity contribution in [3.63, 3.8) is 0 Å². The predicted molar refractivity (Wildman–Crippen MR) is 80.6 cm³/mol. The molecular formula is C16H21NO5. The van der Waals surface area contributed by atoms with Crippen molar-refractivity contribution in [1.29, 1.82) is 0 Å². The third kappa shape index (κ3) is 5.20. The lowest BCUT2D eigenvalue weighted by molar-refractivity contribution is -0.132. The van der Waals surface area contributed by atoms with Crippen LogP contribution in [0.2, 0.25) is 0 Å². The van der Waals surface area contributed by atoms with Crippen LogP contribution in [-0.2, 0) is 14.3 Å². The van der Waals surface area contributed by atoms with E-state index >= 15 is 0 Å². The highest BCUT2D eigenvalue weighted by Gasteiger charge is 2.16. The Morgan fingerprint density at radius 2 is 1.73 bits per heavy atom. The van der Waals surface area contributed by atoms with E-state index in [1.807, 2.05) is 13.8 Å². The molecule has 22 heavy (non-hydrogen) atoms. The van der Waals surface area contributed by atoms with Crippen molar-refractivity contribution in [3.8, 4) is 5.75 Å². The lowest BCUT2D eigenvalue weighted by atomic mass is 10.2. The molecule has 1 rings (SSSR count). The number of nitrogens with zero attached hydrogens (tertiary/aromatic N) is 1. The van der Waals surface area contributed by atoms with Crippen molar-refractivity contribution in [3.05, 3.63) is 29.8 Å². The predicted octanol–water partition coefficient (Wildman–Crippen LogP) is 2.03. The summed E-state index contributed by atoms with van der Waals surface area (Å²) in [7, 11) is 0. The number of carbonyl (C=O) groups is 3. The van der Waals surface area contributed by atoms with Gasteiger partial charge in [-0.25, -0.2) is 4.79 Å². The number of benzene rings is 1. The Morgan fingerprint density at radius 1 is 1.09 bits per heavy atom. The first-order valence-electron chi connectivity index (χ1n) is 7.21. The summed E-state index contributed by atoms with van der Waals surface area (Å²) in [4.78, 5) is 36.5. The second-order valence-corrected chi connectivity index (χ2v) is 4.54. The summed E-state index contributed by atoms with van der Waals surface area (Å²) >= 11 is 0. The summed E-state index contributed by atoms with van der Waals surface area (Å²) in [5, 5.41) is 0. The first kappa shape index (κ1) is 17.7. The molecule has 0 N–H and O–H groups in total. The van der Waals surface area contributed by atoms with Gasteiger partial charge in [-0.3, -0.25) is 9.59 Å². The van der Waals surface area contributed by atoms with Crippen LogP contribution >= 0.6 is 0 Å². The molecule has 6 heteroatoms. The fourth-order valence-electron chi connectivity index (χ4n) is 1.92. The normalized spacial score (nSPS) is 9.95. The van der Waals surface area contributed by atoms with Crippen LogP contribution < -0.4 is 4.74 Å². The minimum atomic E-state index is -0.621. The number of esters is 2. The molecule has 0 heterocycles. The Hall–Kier alpha value is -2.37. The summed E-state index contributed by atoms with van der Waals surface area (Å²) in [6.07, 6.45) is 0.128. The molecule has 0 fully saturated rings. The number of hydrogen-bond donors (Lipinski definition) is 0. The highest BCUT2D eigenvalue weighted by atomic mass is 16.5. The average Bonchev–Trinajstić information content (AvgIpc) is 2.48. The summed E-state index contributed by atoms with van der Waals surface area (Å²) in [6.45, 7) is 6.27. The Labute approximate surface area is 130 Å². The van der Waals surface area contributed by atoms with Gasteiger partial charge >= 0.3 is 11.9 Å². The quantitative estimate of drug-likeness (QED) is 0.569. The van der Waals surface area contributed by atoms with E-state index in [1.165, 1.54) is 19.1 Å². The smallest absolute Gasteiger partial charge is 0.341 e. The van der Waals surface area contributed by atoms with Crippen molar-refractivity contribution in [1.82, 2.24) is 4.90 Å². The first-order valence-corrected chi connectivity index (χ1v) is 7.21. The van der Waals surface area contributed by atoms with Crippen molar-refractivity contribution >= 4 is 17.8 Å². The lowest BCUT2D eigenvalue weighted by Gasteiger charge is -2.18. The van der Waals surface area contributed by atoms with E-state index in [0.29, 0.717) is 13.1 Å². The van der Waals surface area contributed by atoms with Crippen LogP contribution in [0, 0.1) is 0 Å². The van der Waals surface area contributed by atoms with Gasteiger partial charge in [-0.05, 0) is 26.0 Å². The molecule has 0 atom stereocenters. The minimum Gasteiger partial charge on any atom is -0.461 e. The number of amides is 1. The SMILES string of the molecule is CCN(CC)C(=O)CCOC(=O)c1ccccc1OC(C)=O. The second kappa shape index (κ2) is 8.81.